The molecule has 0 rings (SSSR count). The lowest BCUT2D eigenvalue weighted by molar-refractivity contribution is 0.290. The van der Waals surface area contributed by atoms with Gasteiger partial charge in [-0.1, -0.05) is 6.92 Å². The highest BCUT2D eigenvalue weighted by atomic mass is 16.3. The van der Waals surface area contributed by atoms with E-state index in [-0.39, 0.29) is 6.61 Å². The van der Waals surface area contributed by atoms with Crippen molar-refractivity contribution in [3.63, 3.8) is 0 Å². The maximum absolute atomic E-state index is 8.40. The molecule has 0 unspecified atom stereocenters. The Labute approximate surface area is 62.0 Å². The third-order valence-electron chi connectivity index (χ3n) is 1.46. The molecule has 0 radical (unpaired) electrons. The molecule has 3 N–H and O–H groups in total. The van der Waals surface area contributed by atoms with Crippen LogP contribution < -0.4 is 5.32 Å². The van der Waals surface area contributed by atoms with E-state index in [4.69, 9.17) is 10.5 Å². The standard InChI is InChI=1S/C7H16N2O/c1-2-7(5-8)6-9-3-4-10/h5,7-10H,2-4,6H2,1H3/t7-/m1/s1. The zero-order valence-electron chi connectivity index (χ0n) is 6.43. The summed E-state index contributed by atoms with van der Waals surface area (Å²) in [5.41, 5.74) is 0. The molecule has 0 aromatic rings. The van der Waals surface area contributed by atoms with Gasteiger partial charge in [-0.2, -0.15) is 0 Å². The van der Waals surface area contributed by atoms with Gasteiger partial charge in [0.1, 0.15) is 0 Å². The van der Waals surface area contributed by atoms with Crippen LogP contribution in [0.15, 0.2) is 0 Å². The van der Waals surface area contributed by atoms with E-state index in [2.05, 4.69) is 12.2 Å². The summed E-state index contributed by atoms with van der Waals surface area (Å²) in [4.78, 5) is 0. The Morgan fingerprint density at radius 3 is 2.80 bits per heavy atom. The zero-order chi connectivity index (χ0) is 7.82. The van der Waals surface area contributed by atoms with Gasteiger partial charge in [-0.3, -0.25) is 0 Å². The molecule has 0 aliphatic carbocycles. The van der Waals surface area contributed by atoms with Crippen LogP contribution in [0.1, 0.15) is 13.3 Å². The smallest absolute Gasteiger partial charge is 0.0555 e. The summed E-state index contributed by atoms with van der Waals surface area (Å²) in [6.45, 7) is 3.66. The van der Waals surface area contributed by atoms with Crippen LogP contribution in [-0.4, -0.2) is 31.0 Å². The van der Waals surface area contributed by atoms with E-state index < -0.39 is 0 Å². The van der Waals surface area contributed by atoms with Gasteiger partial charge in [0.25, 0.3) is 0 Å². The van der Waals surface area contributed by atoms with Gasteiger partial charge in [0.05, 0.1) is 6.61 Å². The Hall–Kier alpha value is -0.410. The summed E-state index contributed by atoms with van der Waals surface area (Å²) in [7, 11) is 0. The van der Waals surface area contributed by atoms with E-state index in [1.165, 1.54) is 6.21 Å². The maximum Gasteiger partial charge on any atom is 0.0555 e. The summed E-state index contributed by atoms with van der Waals surface area (Å²) in [6.07, 6.45) is 2.44. The lowest BCUT2D eigenvalue weighted by Crippen LogP contribution is -2.25. The Bertz CT molecular complexity index is 85.7. The van der Waals surface area contributed by atoms with Crippen molar-refractivity contribution in [2.45, 2.75) is 13.3 Å². The second-order valence-corrected chi connectivity index (χ2v) is 2.26. The Kier molecular flexibility index (Phi) is 6.43. The van der Waals surface area contributed by atoms with Crippen LogP contribution in [0, 0.1) is 11.3 Å². The van der Waals surface area contributed by atoms with Crippen molar-refractivity contribution in [3.05, 3.63) is 0 Å². The first-order chi connectivity index (χ1) is 4.85. The fourth-order valence-electron chi connectivity index (χ4n) is 0.688. The minimum Gasteiger partial charge on any atom is -0.395 e. The van der Waals surface area contributed by atoms with Crippen LogP contribution in [0.25, 0.3) is 0 Å². The molecule has 0 fully saturated rings. The molecular formula is C7H16N2O. The van der Waals surface area contributed by atoms with Crippen molar-refractivity contribution >= 4 is 6.21 Å². The molecule has 0 bridgehead atoms. The lowest BCUT2D eigenvalue weighted by Gasteiger charge is -2.08. The first-order valence-corrected chi connectivity index (χ1v) is 3.67. The Balaban J connectivity index is 3.17. The van der Waals surface area contributed by atoms with Gasteiger partial charge in [-0.25, -0.2) is 0 Å². The number of rotatable bonds is 6. The molecule has 0 heterocycles. The molecule has 0 spiro atoms. The topological polar surface area (TPSA) is 56.1 Å². The van der Waals surface area contributed by atoms with Gasteiger partial charge in [0.15, 0.2) is 0 Å². The Morgan fingerprint density at radius 1 is 1.70 bits per heavy atom. The molecule has 0 saturated carbocycles. The third kappa shape index (κ3) is 4.47. The fourth-order valence-corrected chi connectivity index (χ4v) is 0.688. The average molecular weight is 144 g/mol. The molecule has 0 aliphatic heterocycles. The first-order valence-electron chi connectivity index (χ1n) is 3.67. The molecular weight excluding hydrogens is 128 g/mol. The molecule has 0 aromatic carbocycles. The summed E-state index contributed by atoms with van der Waals surface area (Å²) >= 11 is 0. The molecule has 1 atom stereocenters. The minimum absolute atomic E-state index is 0.175. The van der Waals surface area contributed by atoms with Gasteiger partial charge in [0, 0.05) is 19.0 Å². The second-order valence-electron chi connectivity index (χ2n) is 2.26. The van der Waals surface area contributed by atoms with E-state index in [0.29, 0.717) is 12.5 Å². The van der Waals surface area contributed by atoms with Crippen LogP contribution in [0.4, 0.5) is 0 Å². The average Bonchev–Trinajstić information content (AvgIpc) is 1.99. The highest BCUT2D eigenvalue weighted by Crippen LogP contribution is 1.94. The quantitative estimate of drug-likeness (QED) is 0.369. The van der Waals surface area contributed by atoms with Crippen molar-refractivity contribution in [1.29, 1.82) is 5.41 Å². The van der Waals surface area contributed by atoms with E-state index >= 15 is 0 Å². The summed E-state index contributed by atoms with van der Waals surface area (Å²) in [5.74, 6) is 0.326. The molecule has 0 saturated heterocycles. The van der Waals surface area contributed by atoms with E-state index in [1.54, 1.807) is 0 Å². The van der Waals surface area contributed by atoms with Crippen LogP contribution in [0.3, 0.4) is 0 Å². The van der Waals surface area contributed by atoms with Crippen LogP contribution >= 0.6 is 0 Å². The minimum atomic E-state index is 0.175. The maximum atomic E-state index is 8.40. The second kappa shape index (κ2) is 6.71. The number of hydrogen-bond donors (Lipinski definition) is 3. The number of aliphatic hydroxyl groups is 1. The van der Waals surface area contributed by atoms with Gasteiger partial charge in [0.2, 0.25) is 0 Å². The van der Waals surface area contributed by atoms with Crippen LogP contribution in [-0.2, 0) is 0 Å². The molecule has 0 amide bonds. The number of hydrogen-bond acceptors (Lipinski definition) is 3. The van der Waals surface area contributed by atoms with Crippen LogP contribution in [0.5, 0.6) is 0 Å². The molecule has 3 heteroatoms. The predicted octanol–water partition coefficient (Wildman–Crippen LogP) is 0.244. The van der Waals surface area contributed by atoms with Gasteiger partial charge in [-0.05, 0) is 12.6 Å². The highest BCUT2D eigenvalue weighted by Gasteiger charge is 1.98. The zero-order valence-corrected chi connectivity index (χ0v) is 6.43. The van der Waals surface area contributed by atoms with Gasteiger partial charge in [-0.15, -0.1) is 0 Å². The summed E-state index contributed by atoms with van der Waals surface area (Å²) in [6, 6.07) is 0. The summed E-state index contributed by atoms with van der Waals surface area (Å²) < 4.78 is 0. The Morgan fingerprint density at radius 2 is 2.40 bits per heavy atom. The number of aliphatic hydroxyl groups excluding tert-OH is 1. The SMILES string of the molecule is CC[C@H](C=N)CNCCO. The molecule has 10 heavy (non-hydrogen) atoms. The number of nitrogens with one attached hydrogen (secondary N) is 2. The van der Waals surface area contributed by atoms with Crippen molar-refractivity contribution in [2.24, 2.45) is 5.92 Å². The van der Waals surface area contributed by atoms with Crippen molar-refractivity contribution in [2.75, 3.05) is 19.7 Å². The first kappa shape index (κ1) is 9.59. The lowest BCUT2D eigenvalue weighted by atomic mass is 10.1. The molecule has 60 valence electrons. The van der Waals surface area contributed by atoms with Crippen molar-refractivity contribution < 1.29 is 5.11 Å². The van der Waals surface area contributed by atoms with Gasteiger partial charge >= 0.3 is 0 Å². The molecule has 0 aliphatic rings. The summed E-state index contributed by atoms with van der Waals surface area (Å²) in [5, 5.41) is 18.4. The third-order valence-corrected chi connectivity index (χ3v) is 1.46. The van der Waals surface area contributed by atoms with E-state index in [0.717, 1.165) is 13.0 Å². The highest BCUT2D eigenvalue weighted by molar-refractivity contribution is 5.56. The fraction of sp³-hybridized carbons (Fsp3) is 0.857. The monoisotopic (exact) mass is 144 g/mol. The largest absolute Gasteiger partial charge is 0.395 e. The van der Waals surface area contributed by atoms with E-state index in [9.17, 15) is 0 Å². The van der Waals surface area contributed by atoms with Crippen molar-refractivity contribution in [3.8, 4) is 0 Å². The molecule has 3 nitrogen and oxygen atoms in total. The van der Waals surface area contributed by atoms with Gasteiger partial charge < -0.3 is 15.8 Å². The van der Waals surface area contributed by atoms with Crippen LogP contribution in [0.2, 0.25) is 0 Å². The predicted molar refractivity (Wildman–Crippen MR) is 42.5 cm³/mol. The van der Waals surface area contributed by atoms with E-state index in [1.807, 2.05) is 0 Å². The normalized spacial score (nSPS) is 13.0. The van der Waals surface area contributed by atoms with Crippen molar-refractivity contribution in [1.82, 2.24) is 5.32 Å². The molecule has 0 aromatic heterocycles.